The molecule has 1 aliphatic rings. The van der Waals surface area contributed by atoms with Crippen molar-refractivity contribution in [1.29, 1.82) is 0 Å². The minimum Gasteiger partial charge on any atom is -0.366 e. The van der Waals surface area contributed by atoms with E-state index in [2.05, 4.69) is 17.3 Å². The molecular weight excluding hydrogens is 328 g/mol. The van der Waals surface area contributed by atoms with Crippen molar-refractivity contribution >= 4 is 28.9 Å². The molecule has 0 atom stereocenters. The Morgan fingerprint density at radius 3 is 2.54 bits per heavy atom. The lowest BCUT2D eigenvalue weighted by Gasteiger charge is -2.12. The van der Waals surface area contributed by atoms with Gasteiger partial charge in [-0.25, -0.2) is 0 Å². The fourth-order valence-electron chi connectivity index (χ4n) is 2.75. The number of anilines is 2. The van der Waals surface area contributed by atoms with E-state index in [0.29, 0.717) is 22.5 Å². The highest BCUT2D eigenvalue weighted by atomic mass is 16.2. The number of amides is 2. The SMILES string of the molecule is CCc1ccccc1N/C=C1/C(=O)N(c2ccc(C(N)=O)cc2)N=C1C. The van der Waals surface area contributed by atoms with Gasteiger partial charge in [0.05, 0.1) is 17.0 Å². The monoisotopic (exact) mass is 348 g/mol. The van der Waals surface area contributed by atoms with Gasteiger partial charge in [-0.15, -0.1) is 0 Å². The molecule has 1 heterocycles. The minimum atomic E-state index is -0.511. The van der Waals surface area contributed by atoms with E-state index in [1.54, 1.807) is 37.4 Å². The Hall–Kier alpha value is -3.41. The summed E-state index contributed by atoms with van der Waals surface area (Å²) in [6.45, 7) is 3.87. The van der Waals surface area contributed by atoms with E-state index < -0.39 is 5.91 Å². The van der Waals surface area contributed by atoms with E-state index in [9.17, 15) is 9.59 Å². The van der Waals surface area contributed by atoms with Gasteiger partial charge in [0.2, 0.25) is 5.91 Å². The molecule has 2 aromatic rings. The van der Waals surface area contributed by atoms with Crippen LogP contribution in [0, 0.1) is 0 Å². The second-order valence-corrected chi connectivity index (χ2v) is 5.93. The van der Waals surface area contributed by atoms with E-state index in [-0.39, 0.29) is 5.91 Å². The van der Waals surface area contributed by atoms with Gasteiger partial charge in [0.25, 0.3) is 5.91 Å². The van der Waals surface area contributed by atoms with Gasteiger partial charge in [0.15, 0.2) is 0 Å². The van der Waals surface area contributed by atoms with Gasteiger partial charge in [-0.1, -0.05) is 25.1 Å². The fourth-order valence-corrected chi connectivity index (χ4v) is 2.75. The fraction of sp³-hybridized carbons (Fsp3) is 0.150. The van der Waals surface area contributed by atoms with Crippen molar-refractivity contribution in [3.63, 3.8) is 0 Å². The molecule has 0 saturated heterocycles. The first-order valence-electron chi connectivity index (χ1n) is 8.35. The van der Waals surface area contributed by atoms with E-state index in [1.807, 2.05) is 24.3 Å². The van der Waals surface area contributed by atoms with Crippen LogP contribution in [0.25, 0.3) is 0 Å². The first kappa shape index (κ1) is 17.4. The summed E-state index contributed by atoms with van der Waals surface area (Å²) in [7, 11) is 0. The number of aryl methyl sites for hydroxylation is 1. The molecule has 2 amide bonds. The highest BCUT2D eigenvalue weighted by molar-refractivity contribution is 6.29. The Bertz CT molecular complexity index is 914. The Morgan fingerprint density at radius 1 is 1.19 bits per heavy atom. The second kappa shape index (κ2) is 7.23. The van der Waals surface area contributed by atoms with Gasteiger partial charge in [0.1, 0.15) is 0 Å². The molecule has 0 fully saturated rings. The first-order chi connectivity index (χ1) is 12.5. The number of carbonyl (C=O) groups excluding carboxylic acids is 2. The number of para-hydroxylation sites is 1. The van der Waals surface area contributed by atoms with Crippen LogP contribution in [0.2, 0.25) is 0 Å². The van der Waals surface area contributed by atoms with Crippen LogP contribution in [0.15, 0.2) is 65.4 Å². The Labute approximate surface area is 152 Å². The van der Waals surface area contributed by atoms with Crippen LogP contribution in [-0.2, 0) is 11.2 Å². The lowest BCUT2D eigenvalue weighted by molar-refractivity contribution is -0.114. The number of primary amides is 1. The summed E-state index contributed by atoms with van der Waals surface area (Å²) in [5.74, 6) is -0.737. The van der Waals surface area contributed by atoms with Crippen molar-refractivity contribution in [1.82, 2.24) is 0 Å². The summed E-state index contributed by atoms with van der Waals surface area (Å²) in [6.07, 6.45) is 2.58. The lowest BCUT2D eigenvalue weighted by Crippen LogP contribution is -2.22. The van der Waals surface area contributed by atoms with Gasteiger partial charge >= 0.3 is 0 Å². The molecule has 132 valence electrons. The molecule has 0 spiro atoms. The predicted molar refractivity (Wildman–Crippen MR) is 103 cm³/mol. The number of nitrogens with one attached hydrogen (secondary N) is 1. The maximum absolute atomic E-state index is 12.7. The third-order valence-electron chi connectivity index (χ3n) is 4.23. The number of benzene rings is 2. The van der Waals surface area contributed by atoms with Crippen LogP contribution in [0.5, 0.6) is 0 Å². The van der Waals surface area contributed by atoms with Crippen molar-refractivity contribution in [2.75, 3.05) is 10.3 Å². The van der Waals surface area contributed by atoms with E-state index in [0.717, 1.165) is 12.1 Å². The van der Waals surface area contributed by atoms with Crippen molar-refractivity contribution in [3.8, 4) is 0 Å². The number of hydrogen-bond acceptors (Lipinski definition) is 4. The van der Waals surface area contributed by atoms with Crippen molar-refractivity contribution < 1.29 is 9.59 Å². The molecule has 6 heteroatoms. The molecule has 0 bridgehead atoms. The topological polar surface area (TPSA) is 87.8 Å². The average molecular weight is 348 g/mol. The number of nitrogens with zero attached hydrogens (tertiary/aromatic N) is 2. The molecule has 3 N–H and O–H groups in total. The summed E-state index contributed by atoms with van der Waals surface area (Å²) < 4.78 is 0. The zero-order valence-electron chi connectivity index (χ0n) is 14.7. The van der Waals surface area contributed by atoms with Crippen LogP contribution in [0.4, 0.5) is 11.4 Å². The van der Waals surface area contributed by atoms with Crippen LogP contribution in [-0.4, -0.2) is 17.5 Å². The van der Waals surface area contributed by atoms with Crippen LogP contribution in [0.1, 0.15) is 29.8 Å². The number of carbonyl (C=O) groups is 2. The predicted octanol–water partition coefficient (Wildman–Crippen LogP) is 3.07. The smallest absolute Gasteiger partial charge is 0.282 e. The molecule has 2 aromatic carbocycles. The normalized spacial score (nSPS) is 15.3. The van der Waals surface area contributed by atoms with E-state index >= 15 is 0 Å². The lowest BCUT2D eigenvalue weighted by atomic mass is 10.1. The quantitative estimate of drug-likeness (QED) is 0.814. The zero-order chi connectivity index (χ0) is 18.7. The van der Waals surface area contributed by atoms with Crippen LogP contribution < -0.4 is 16.1 Å². The minimum absolute atomic E-state index is 0.226. The van der Waals surface area contributed by atoms with Gasteiger partial charge in [-0.05, 0) is 49.2 Å². The molecule has 0 radical (unpaired) electrons. The second-order valence-electron chi connectivity index (χ2n) is 5.93. The molecule has 0 unspecified atom stereocenters. The first-order valence-corrected chi connectivity index (χ1v) is 8.35. The van der Waals surface area contributed by atoms with Crippen LogP contribution >= 0.6 is 0 Å². The van der Waals surface area contributed by atoms with E-state index in [4.69, 9.17) is 5.73 Å². The molecule has 1 aliphatic heterocycles. The summed E-state index contributed by atoms with van der Waals surface area (Å²) in [5, 5.41) is 8.86. The maximum atomic E-state index is 12.7. The molecule has 26 heavy (non-hydrogen) atoms. The number of rotatable bonds is 5. The summed E-state index contributed by atoms with van der Waals surface area (Å²) in [5.41, 5.74) is 9.46. The Morgan fingerprint density at radius 2 is 1.88 bits per heavy atom. The highest BCUT2D eigenvalue weighted by Crippen LogP contribution is 2.24. The molecule has 0 aliphatic carbocycles. The van der Waals surface area contributed by atoms with Gasteiger partial charge in [-0.2, -0.15) is 10.1 Å². The zero-order valence-corrected chi connectivity index (χ0v) is 14.7. The van der Waals surface area contributed by atoms with E-state index in [1.165, 1.54) is 10.6 Å². The largest absolute Gasteiger partial charge is 0.366 e. The van der Waals surface area contributed by atoms with Crippen molar-refractivity contribution in [3.05, 3.63) is 71.4 Å². The maximum Gasteiger partial charge on any atom is 0.282 e. The summed E-state index contributed by atoms with van der Waals surface area (Å²) in [6, 6.07) is 14.4. The van der Waals surface area contributed by atoms with Gasteiger partial charge in [-0.3, -0.25) is 9.59 Å². The summed E-state index contributed by atoms with van der Waals surface area (Å²) >= 11 is 0. The molecular formula is C20H20N4O2. The van der Waals surface area contributed by atoms with Gasteiger partial charge in [0, 0.05) is 17.5 Å². The van der Waals surface area contributed by atoms with Crippen molar-refractivity contribution in [2.45, 2.75) is 20.3 Å². The molecule has 0 aromatic heterocycles. The Kier molecular flexibility index (Phi) is 4.84. The molecule has 0 saturated carbocycles. The number of nitrogens with two attached hydrogens (primary N) is 1. The standard InChI is InChI=1S/C20H20N4O2/c1-3-14-6-4-5-7-18(14)22-12-17-13(2)23-24(20(17)26)16-10-8-15(9-11-16)19(21)25/h4-12,22H,3H2,1-2H3,(H2,21,25)/b17-12+. The third kappa shape index (κ3) is 3.35. The average Bonchev–Trinajstić information content (AvgIpc) is 2.94. The molecule has 3 rings (SSSR count). The number of hydrogen-bond donors (Lipinski definition) is 2. The molecule has 6 nitrogen and oxygen atoms in total. The third-order valence-corrected chi connectivity index (χ3v) is 4.23. The highest BCUT2D eigenvalue weighted by Gasteiger charge is 2.28. The summed E-state index contributed by atoms with van der Waals surface area (Å²) in [4.78, 5) is 23.9. The Balaban J connectivity index is 1.82. The van der Waals surface area contributed by atoms with Gasteiger partial charge < -0.3 is 11.1 Å². The van der Waals surface area contributed by atoms with Crippen LogP contribution in [0.3, 0.4) is 0 Å². The van der Waals surface area contributed by atoms with Crippen molar-refractivity contribution in [2.24, 2.45) is 10.8 Å². The number of hydrazone groups is 1.